The minimum atomic E-state index is -0.311. The van der Waals surface area contributed by atoms with Gasteiger partial charge in [0.2, 0.25) is 0 Å². The fraction of sp³-hybridized carbons (Fsp3) is 0.529. The molecule has 2 atom stereocenters. The lowest BCUT2D eigenvalue weighted by Crippen LogP contribution is -2.37. The van der Waals surface area contributed by atoms with Gasteiger partial charge in [-0.15, -0.1) is 0 Å². The lowest BCUT2D eigenvalue weighted by Gasteiger charge is -2.23. The smallest absolute Gasteiger partial charge is 0.319 e. The maximum absolute atomic E-state index is 12.9. The summed E-state index contributed by atoms with van der Waals surface area (Å²) < 4.78 is 0. The minimum Gasteiger partial charge on any atom is -0.336 e. The summed E-state index contributed by atoms with van der Waals surface area (Å²) in [6.07, 6.45) is 0.922. The van der Waals surface area contributed by atoms with Gasteiger partial charge >= 0.3 is 6.03 Å². The number of hydrogen-bond donors (Lipinski definition) is 3. The van der Waals surface area contributed by atoms with Crippen LogP contribution in [-0.2, 0) is 0 Å². The molecular weight excluding hydrogens is 292 g/mol. The van der Waals surface area contributed by atoms with E-state index in [0.717, 1.165) is 6.42 Å². The minimum absolute atomic E-state index is 0.0294. The van der Waals surface area contributed by atoms with Gasteiger partial charge in [0.1, 0.15) is 0 Å². The van der Waals surface area contributed by atoms with Gasteiger partial charge in [-0.25, -0.2) is 4.79 Å². The third-order valence-electron chi connectivity index (χ3n) is 4.08. The molecule has 1 aromatic rings. The molecule has 0 aliphatic carbocycles. The number of carbonyl (C=O) groups is 2. The van der Waals surface area contributed by atoms with Crippen molar-refractivity contribution in [3.8, 4) is 0 Å². The van der Waals surface area contributed by atoms with Crippen LogP contribution in [0.2, 0.25) is 0 Å². The number of nitrogens with zero attached hydrogens (tertiary/aromatic N) is 1. The van der Waals surface area contributed by atoms with E-state index in [9.17, 15) is 9.59 Å². The third kappa shape index (κ3) is 4.22. The van der Waals surface area contributed by atoms with Gasteiger partial charge in [0.15, 0.2) is 0 Å². The second-order valence-corrected chi connectivity index (χ2v) is 6.44. The quantitative estimate of drug-likeness (QED) is 0.794. The van der Waals surface area contributed by atoms with Gasteiger partial charge in [-0.05, 0) is 51.8 Å². The van der Waals surface area contributed by atoms with Crippen molar-refractivity contribution in [1.82, 2.24) is 10.2 Å². The number of nitrogens with one attached hydrogen (secondary N) is 2. The number of urea groups is 1. The van der Waals surface area contributed by atoms with Crippen LogP contribution >= 0.6 is 0 Å². The summed E-state index contributed by atoms with van der Waals surface area (Å²) in [5.74, 6) is 0.284. The van der Waals surface area contributed by atoms with Crippen molar-refractivity contribution in [1.29, 1.82) is 0 Å². The zero-order chi connectivity index (χ0) is 17.0. The molecule has 0 bridgehead atoms. The van der Waals surface area contributed by atoms with Gasteiger partial charge in [-0.3, -0.25) is 4.79 Å². The predicted molar refractivity (Wildman–Crippen MR) is 91.4 cm³/mol. The molecule has 6 nitrogen and oxygen atoms in total. The Bertz CT molecular complexity index is 573. The maximum Gasteiger partial charge on any atom is 0.319 e. The van der Waals surface area contributed by atoms with Crippen LogP contribution in [-0.4, -0.2) is 42.0 Å². The standard InChI is InChI=1S/C17H26N4O2/c1-11(2)19-17(23)20-15-7-5-4-6-14(15)16(22)21-10-13(9-18)8-12(21)3/h4-7,11-13H,8-10,18H2,1-3H3,(H2,19,20,23). The highest BCUT2D eigenvalue weighted by Crippen LogP contribution is 2.26. The number of nitrogens with two attached hydrogens (primary N) is 1. The molecule has 1 aliphatic rings. The molecule has 1 heterocycles. The first kappa shape index (κ1) is 17.3. The SMILES string of the molecule is CC(C)NC(=O)Nc1ccccc1C(=O)N1CC(CN)CC1C. The van der Waals surface area contributed by atoms with E-state index in [-0.39, 0.29) is 24.0 Å². The monoisotopic (exact) mass is 318 g/mol. The van der Waals surface area contributed by atoms with E-state index in [1.165, 1.54) is 0 Å². The highest BCUT2D eigenvalue weighted by atomic mass is 16.2. The molecule has 3 amide bonds. The topological polar surface area (TPSA) is 87.5 Å². The molecule has 0 radical (unpaired) electrons. The van der Waals surface area contributed by atoms with Gasteiger partial charge in [-0.1, -0.05) is 12.1 Å². The lowest BCUT2D eigenvalue weighted by molar-refractivity contribution is 0.0744. The average Bonchev–Trinajstić information content (AvgIpc) is 2.87. The zero-order valence-corrected chi connectivity index (χ0v) is 14.0. The van der Waals surface area contributed by atoms with Crippen molar-refractivity contribution in [2.75, 3.05) is 18.4 Å². The fourth-order valence-electron chi connectivity index (χ4n) is 2.95. The molecule has 0 spiro atoms. The molecule has 1 aromatic carbocycles. The molecule has 126 valence electrons. The van der Waals surface area contributed by atoms with Crippen molar-refractivity contribution in [2.24, 2.45) is 11.7 Å². The van der Waals surface area contributed by atoms with Crippen LogP contribution in [0.15, 0.2) is 24.3 Å². The summed E-state index contributed by atoms with van der Waals surface area (Å²) in [4.78, 5) is 26.6. The summed E-state index contributed by atoms with van der Waals surface area (Å²) in [6, 6.07) is 6.98. The van der Waals surface area contributed by atoms with Crippen LogP contribution in [0.25, 0.3) is 0 Å². The van der Waals surface area contributed by atoms with Gasteiger partial charge in [0.05, 0.1) is 11.3 Å². The number of benzene rings is 1. The van der Waals surface area contributed by atoms with Crippen molar-refractivity contribution >= 4 is 17.6 Å². The number of hydrogen-bond acceptors (Lipinski definition) is 3. The number of carbonyl (C=O) groups excluding carboxylic acids is 2. The summed E-state index contributed by atoms with van der Waals surface area (Å²) in [7, 11) is 0. The molecule has 0 saturated carbocycles. The number of amides is 3. The van der Waals surface area contributed by atoms with Crippen molar-refractivity contribution in [3.05, 3.63) is 29.8 Å². The van der Waals surface area contributed by atoms with Crippen molar-refractivity contribution < 1.29 is 9.59 Å². The second-order valence-electron chi connectivity index (χ2n) is 6.44. The lowest BCUT2D eigenvalue weighted by atomic mass is 10.1. The van der Waals surface area contributed by atoms with E-state index in [2.05, 4.69) is 10.6 Å². The van der Waals surface area contributed by atoms with Crippen LogP contribution in [0.3, 0.4) is 0 Å². The summed E-state index contributed by atoms with van der Waals surface area (Å²) in [5, 5.41) is 5.52. The molecule has 1 aliphatic heterocycles. The number of para-hydroxylation sites is 1. The molecule has 23 heavy (non-hydrogen) atoms. The van der Waals surface area contributed by atoms with E-state index in [4.69, 9.17) is 5.73 Å². The molecule has 0 aromatic heterocycles. The van der Waals surface area contributed by atoms with Gasteiger partial charge in [-0.2, -0.15) is 0 Å². The predicted octanol–water partition coefficient (Wildman–Crippen LogP) is 2.03. The largest absolute Gasteiger partial charge is 0.336 e. The summed E-state index contributed by atoms with van der Waals surface area (Å²) >= 11 is 0. The van der Waals surface area contributed by atoms with Crippen molar-refractivity contribution in [3.63, 3.8) is 0 Å². The zero-order valence-electron chi connectivity index (χ0n) is 14.0. The Morgan fingerprint density at radius 3 is 2.65 bits per heavy atom. The fourth-order valence-corrected chi connectivity index (χ4v) is 2.95. The Morgan fingerprint density at radius 2 is 2.04 bits per heavy atom. The molecular formula is C17H26N4O2. The molecule has 2 unspecified atom stereocenters. The molecule has 6 heteroatoms. The molecule has 4 N–H and O–H groups in total. The maximum atomic E-state index is 12.9. The van der Waals surface area contributed by atoms with Crippen LogP contribution in [0.4, 0.5) is 10.5 Å². The summed E-state index contributed by atoms with van der Waals surface area (Å²) in [6.45, 7) is 7.06. The number of rotatable bonds is 4. The number of anilines is 1. The van der Waals surface area contributed by atoms with Crippen LogP contribution < -0.4 is 16.4 Å². The van der Waals surface area contributed by atoms with E-state index in [1.54, 1.807) is 24.3 Å². The van der Waals surface area contributed by atoms with Crippen molar-refractivity contribution in [2.45, 2.75) is 39.3 Å². The highest BCUT2D eigenvalue weighted by molar-refractivity contribution is 6.03. The third-order valence-corrected chi connectivity index (χ3v) is 4.08. The first-order chi connectivity index (χ1) is 10.9. The van der Waals surface area contributed by atoms with Crippen LogP contribution in [0.5, 0.6) is 0 Å². The van der Waals surface area contributed by atoms with E-state index < -0.39 is 0 Å². The van der Waals surface area contributed by atoms with E-state index in [0.29, 0.717) is 30.3 Å². The molecule has 2 rings (SSSR count). The average molecular weight is 318 g/mol. The van der Waals surface area contributed by atoms with Crippen LogP contribution in [0, 0.1) is 5.92 Å². The Hall–Kier alpha value is -2.08. The first-order valence-electron chi connectivity index (χ1n) is 8.10. The van der Waals surface area contributed by atoms with Gasteiger partial charge in [0, 0.05) is 18.6 Å². The molecule has 1 fully saturated rings. The number of likely N-dealkylation sites (tertiary alicyclic amines) is 1. The summed E-state index contributed by atoms with van der Waals surface area (Å²) in [5.41, 5.74) is 6.77. The Labute approximate surface area is 137 Å². The molecule has 1 saturated heterocycles. The van der Waals surface area contributed by atoms with Crippen LogP contribution in [0.1, 0.15) is 37.6 Å². The second kappa shape index (κ2) is 7.46. The Morgan fingerprint density at radius 1 is 1.35 bits per heavy atom. The van der Waals surface area contributed by atoms with Gasteiger partial charge < -0.3 is 21.3 Å². The van der Waals surface area contributed by atoms with Gasteiger partial charge in [0.25, 0.3) is 5.91 Å². The van der Waals surface area contributed by atoms with E-state index >= 15 is 0 Å². The first-order valence-corrected chi connectivity index (χ1v) is 8.10. The normalized spacial score (nSPS) is 20.7. The van der Waals surface area contributed by atoms with E-state index in [1.807, 2.05) is 25.7 Å². The Kier molecular flexibility index (Phi) is 5.60. The highest BCUT2D eigenvalue weighted by Gasteiger charge is 2.33. The Balaban J connectivity index is 2.16.